The molecule has 1 aliphatic carbocycles. The fourth-order valence-electron chi connectivity index (χ4n) is 3.76. The van der Waals surface area contributed by atoms with E-state index in [4.69, 9.17) is 50.8 Å². The summed E-state index contributed by atoms with van der Waals surface area (Å²) in [5.41, 5.74) is 9.23. The Balaban J connectivity index is 1.49. The number of rotatable bonds is 4. The third-order valence-corrected chi connectivity index (χ3v) is 6.56. The van der Waals surface area contributed by atoms with Gasteiger partial charge in [-0.3, -0.25) is 25.2 Å². The van der Waals surface area contributed by atoms with Crippen LogP contribution in [0.15, 0.2) is 45.9 Å². The normalized spacial score (nSPS) is 13.8. The molecular weight excluding hydrogens is 550 g/mol. The lowest BCUT2D eigenvalue weighted by molar-refractivity contribution is 0.0829. The number of benzene rings is 2. The van der Waals surface area contributed by atoms with Crippen LogP contribution in [0.4, 0.5) is 0 Å². The van der Waals surface area contributed by atoms with E-state index in [0.29, 0.717) is 51.9 Å². The Hall–Kier alpha value is -3.04. The van der Waals surface area contributed by atoms with E-state index in [0.717, 1.165) is 0 Å². The van der Waals surface area contributed by atoms with E-state index in [1.54, 1.807) is 13.0 Å². The molecule has 3 amide bonds. The van der Waals surface area contributed by atoms with Crippen molar-refractivity contribution < 1.29 is 18.8 Å². The molecule has 3 aromatic rings. The molecule has 0 bridgehead atoms. The number of carbonyl (C=O) groups is 3. The first-order valence-corrected chi connectivity index (χ1v) is 12.2. The number of halogens is 4. The summed E-state index contributed by atoms with van der Waals surface area (Å²) in [6, 6.07) is 8.90. The molecule has 0 atom stereocenters. The number of furan rings is 1. The molecule has 12 heteroatoms. The van der Waals surface area contributed by atoms with E-state index in [1.165, 1.54) is 30.3 Å². The number of amides is 3. The minimum absolute atomic E-state index is 0.0178. The van der Waals surface area contributed by atoms with Crippen LogP contribution in [0, 0.1) is 6.92 Å². The second kappa shape index (κ2) is 10.9. The van der Waals surface area contributed by atoms with Gasteiger partial charge in [0.05, 0.1) is 26.9 Å². The maximum Gasteiger partial charge on any atom is 0.305 e. The lowest BCUT2D eigenvalue weighted by Gasteiger charge is -2.13. The molecule has 0 unspecified atom stereocenters. The van der Waals surface area contributed by atoms with Gasteiger partial charge in [-0.1, -0.05) is 46.4 Å². The summed E-state index contributed by atoms with van der Waals surface area (Å²) in [6.07, 6.45) is 1.87. The minimum Gasteiger partial charge on any atom is -0.455 e. The Morgan fingerprint density at radius 2 is 1.42 bits per heavy atom. The molecule has 4 rings (SSSR count). The Bertz CT molecular complexity index is 1420. The second-order valence-corrected chi connectivity index (χ2v) is 9.55. The van der Waals surface area contributed by atoms with Crippen molar-refractivity contribution >= 4 is 69.8 Å². The topological polar surface area (TPSA) is 113 Å². The lowest BCUT2D eigenvalue weighted by Crippen LogP contribution is -2.41. The van der Waals surface area contributed by atoms with Gasteiger partial charge in [-0.25, -0.2) is 5.43 Å². The average Bonchev–Trinajstić information content (AvgIpc) is 3.18. The monoisotopic (exact) mass is 566 g/mol. The Labute approximate surface area is 225 Å². The molecule has 186 valence electrons. The average molecular weight is 568 g/mol. The van der Waals surface area contributed by atoms with Crippen molar-refractivity contribution in [3.63, 3.8) is 0 Å². The highest BCUT2D eigenvalue weighted by atomic mass is 35.5. The molecule has 0 saturated heterocycles. The zero-order chi connectivity index (χ0) is 26.0. The first-order valence-electron chi connectivity index (χ1n) is 10.7. The van der Waals surface area contributed by atoms with Crippen LogP contribution in [0.2, 0.25) is 20.1 Å². The summed E-state index contributed by atoms with van der Waals surface area (Å²) in [7, 11) is 0. The van der Waals surface area contributed by atoms with Crippen LogP contribution in [0.25, 0.3) is 0 Å². The third-order valence-electron chi connectivity index (χ3n) is 5.47. The number of fused-ring (bicyclic) bond motifs is 1. The molecule has 1 aromatic heterocycles. The molecule has 0 saturated carbocycles. The van der Waals surface area contributed by atoms with Crippen LogP contribution in [0.5, 0.6) is 0 Å². The number of hydrogen-bond acceptors (Lipinski definition) is 5. The van der Waals surface area contributed by atoms with Crippen molar-refractivity contribution in [1.82, 2.24) is 16.3 Å². The molecule has 0 spiro atoms. The highest BCUT2D eigenvalue weighted by molar-refractivity contribution is 6.37. The van der Waals surface area contributed by atoms with Crippen molar-refractivity contribution in [2.75, 3.05) is 0 Å². The van der Waals surface area contributed by atoms with E-state index in [-0.39, 0.29) is 26.9 Å². The van der Waals surface area contributed by atoms with Crippen LogP contribution in [-0.4, -0.2) is 23.4 Å². The predicted molar refractivity (Wildman–Crippen MR) is 138 cm³/mol. The molecule has 3 N–H and O–H groups in total. The SMILES string of the molecule is Cc1c(C(=O)NNC(=O)c2ccc(Cl)cc2Cl)oc2c1/C(=N/NC(=O)c1ccc(Cl)cc1Cl)CCC2. The van der Waals surface area contributed by atoms with Gasteiger partial charge in [-0.05, 0) is 56.2 Å². The van der Waals surface area contributed by atoms with E-state index in [2.05, 4.69) is 21.4 Å². The highest BCUT2D eigenvalue weighted by Crippen LogP contribution is 2.30. The van der Waals surface area contributed by atoms with Crippen molar-refractivity contribution in [3.8, 4) is 0 Å². The predicted octanol–water partition coefficient (Wildman–Crippen LogP) is 5.75. The summed E-state index contributed by atoms with van der Waals surface area (Å²) in [4.78, 5) is 37.7. The summed E-state index contributed by atoms with van der Waals surface area (Å²) in [5, 5.41) is 5.39. The van der Waals surface area contributed by atoms with Gasteiger partial charge >= 0.3 is 5.91 Å². The van der Waals surface area contributed by atoms with Crippen LogP contribution in [-0.2, 0) is 6.42 Å². The minimum atomic E-state index is -0.656. The quantitative estimate of drug-likeness (QED) is 0.348. The molecule has 0 fully saturated rings. The van der Waals surface area contributed by atoms with Crippen molar-refractivity contribution in [1.29, 1.82) is 0 Å². The number of aryl methyl sites for hydroxylation is 1. The molecule has 1 heterocycles. The largest absolute Gasteiger partial charge is 0.455 e. The summed E-state index contributed by atoms with van der Waals surface area (Å²) in [5.74, 6) is -1.20. The van der Waals surface area contributed by atoms with Gasteiger partial charge in [0.25, 0.3) is 11.8 Å². The Morgan fingerprint density at radius 1 is 0.833 bits per heavy atom. The zero-order valence-electron chi connectivity index (χ0n) is 18.7. The summed E-state index contributed by atoms with van der Waals surface area (Å²) >= 11 is 23.9. The Kier molecular flexibility index (Phi) is 7.90. The van der Waals surface area contributed by atoms with Gasteiger partial charge in [-0.15, -0.1) is 0 Å². The molecule has 0 aliphatic heterocycles. The van der Waals surface area contributed by atoms with Crippen molar-refractivity contribution in [2.45, 2.75) is 26.2 Å². The first kappa shape index (κ1) is 26.0. The third kappa shape index (κ3) is 5.52. The Morgan fingerprint density at radius 3 is 2.03 bits per heavy atom. The molecule has 8 nitrogen and oxygen atoms in total. The van der Waals surface area contributed by atoms with E-state index < -0.39 is 17.7 Å². The van der Waals surface area contributed by atoms with E-state index in [9.17, 15) is 14.4 Å². The number of hydrazine groups is 1. The number of carbonyl (C=O) groups excluding carboxylic acids is 3. The van der Waals surface area contributed by atoms with Gasteiger partial charge in [0, 0.05) is 27.6 Å². The van der Waals surface area contributed by atoms with E-state index >= 15 is 0 Å². The molecule has 2 aromatic carbocycles. The smallest absolute Gasteiger partial charge is 0.305 e. The van der Waals surface area contributed by atoms with Crippen LogP contribution in [0.1, 0.15) is 61.0 Å². The fourth-order valence-corrected chi connectivity index (χ4v) is 4.75. The molecule has 1 aliphatic rings. The number of nitrogens with one attached hydrogen (secondary N) is 3. The van der Waals surface area contributed by atoms with Crippen LogP contribution < -0.4 is 16.3 Å². The highest BCUT2D eigenvalue weighted by Gasteiger charge is 2.28. The number of nitrogens with zero attached hydrogens (tertiary/aromatic N) is 1. The lowest BCUT2D eigenvalue weighted by atomic mass is 9.93. The summed E-state index contributed by atoms with van der Waals surface area (Å²) in [6.45, 7) is 1.70. The number of hydrogen-bond donors (Lipinski definition) is 3. The van der Waals surface area contributed by atoms with Gasteiger partial charge < -0.3 is 4.42 Å². The first-order chi connectivity index (χ1) is 17.2. The fraction of sp³-hybridized carbons (Fsp3) is 0.167. The van der Waals surface area contributed by atoms with Crippen LogP contribution >= 0.6 is 46.4 Å². The van der Waals surface area contributed by atoms with Crippen LogP contribution in [0.3, 0.4) is 0 Å². The van der Waals surface area contributed by atoms with Crippen molar-refractivity contribution in [2.24, 2.45) is 5.10 Å². The van der Waals surface area contributed by atoms with Crippen molar-refractivity contribution in [3.05, 3.63) is 90.3 Å². The van der Waals surface area contributed by atoms with Gasteiger partial charge in [0.1, 0.15) is 5.76 Å². The second-order valence-electron chi connectivity index (χ2n) is 7.86. The van der Waals surface area contributed by atoms with E-state index in [1.807, 2.05) is 0 Å². The maximum absolute atomic E-state index is 12.8. The van der Waals surface area contributed by atoms with Gasteiger partial charge in [0.2, 0.25) is 0 Å². The molecular formula is C24H18Cl4N4O4. The maximum atomic E-state index is 12.8. The van der Waals surface area contributed by atoms with Gasteiger partial charge in [0.15, 0.2) is 5.76 Å². The van der Waals surface area contributed by atoms with Gasteiger partial charge in [-0.2, -0.15) is 5.10 Å². The zero-order valence-corrected chi connectivity index (χ0v) is 21.7. The molecule has 0 radical (unpaired) electrons. The number of hydrazone groups is 1. The standard InChI is InChI=1S/C24H18Cl4N4O4/c1-11-20-18(29-30-22(33)14-7-5-12(25)9-16(14)27)3-2-4-19(20)36-21(11)24(35)32-31-23(34)15-8-6-13(26)10-17(15)28/h5-10H,2-4H2,1H3,(H,30,33)(H,31,34)(H,32,35)/b29-18+. The molecule has 36 heavy (non-hydrogen) atoms. The summed E-state index contributed by atoms with van der Waals surface area (Å²) < 4.78 is 5.79.